The first-order chi connectivity index (χ1) is 16.1. The first-order valence-corrected chi connectivity index (χ1v) is 11.5. The molecule has 2 amide bonds. The Morgan fingerprint density at radius 3 is 2.36 bits per heavy atom. The van der Waals surface area contributed by atoms with E-state index in [1.165, 1.54) is 0 Å². The maximum absolute atomic E-state index is 13.2. The number of benzene rings is 2. The molecule has 2 fully saturated rings. The molecule has 0 aliphatic carbocycles. The number of carbonyl (C=O) groups is 2. The number of fused-ring (bicyclic) bond motifs is 1. The number of piperazine rings is 1. The minimum atomic E-state index is 0.0166. The number of aromatic nitrogens is 2. The number of hydrogen-bond donors (Lipinski definition) is 0. The second kappa shape index (κ2) is 9.33. The average molecular weight is 448 g/mol. The van der Waals surface area contributed by atoms with Gasteiger partial charge in [-0.1, -0.05) is 18.2 Å². The van der Waals surface area contributed by atoms with Gasteiger partial charge in [-0.2, -0.15) is 0 Å². The molecule has 33 heavy (non-hydrogen) atoms. The van der Waals surface area contributed by atoms with Gasteiger partial charge in [0.2, 0.25) is 5.91 Å². The van der Waals surface area contributed by atoms with Gasteiger partial charge in [0.1, 0.15) is 5.82 Å². The molecule has 0 N–H and O–H groups in total. The van der Waals surface area contributed by atoms with Crippen molar-refractivity contribution >= 4 is 22.8 Å². The molecule has 2 aliphatic rings. The topological polar surface area (TPSA) is 70.9 Å². The van der Waals surface area contributed by atoms with Gasteiger partial charge in [0, 0.05) is 50.5 Å². The normalized spacial score (nSPS) is 17.5. The standard InChI is InChI=1S/C25H29N5O3/c1-19-26-22-17-20(7-8-23(22)30(19)21-5-3-2-4-6-21)25(32)29-11-9-27(10-12-29)18-24(31)28-13-15-33-16-14-28/h2-8,17H,9-16,18H2,1H3. The number of imidazole rings is 1. The molecule has 5 rings (SSSR count). The molecule has 2 saturated heterocycles. The molecule has 0 saturated carbocycles. The van der Waals surface area contributed by atoms with Crippen molar-refractivity contribution in [2.75, 3.05) is 59.0 Å². The van der Waals surface area contributed by atoms with Gasteiger partial charge in [0.25, 0.3) is 5.91 Å². The van der Waals surface area contributed by atoms with E-state index in [1.807, 2.05) is 53.1 Å². The lowest BCUT2D eigenvalue weighted by Crippen LogP contribution is -2.52. The number of aryl methyl sites for hydroxylation is 1. The Balaban J connectivity index is 1.24. The first kappa shape index (κ1) is 21.6. The van der Waals surface area contributed by atoms with Crippen LogP contribution in [0.2, 0.25) is 0 Å². The van der Waals surface area contributed by atoms with Crippen molar-refractivity contribution in [3.8, 4) is 5.69 Å². The number of nitrogens with zero attached hydrogens (tertiary/aromatic N) is 5. The summed E-state index contributed by atoms with van der Waals surface area (Å²) in [5.41, 5.74) is 3.51. The van der Waals surface area contributed by atoms with E-state index < -0.39 is 0 Å². The van der Waals surface area contributed by atoms with Crippen LogP contribution >= 0.6 is 0 Å². The van der Waals surface area contributed by atoms with E-state index in [4.69, 9.17) is 9.72 Å². The zero-order valence-corrected chi connectivity index (χ0v) is 18.9. The van der Waals surface area contributed by atoms with Crippen LogP contribution in [0.1, 0.15) is 16.2 Å². The quantitative estimate of drug-likeness (QED) is 0.612. The van der Waals surface area contributed by atoms with Crippen molar-refractivity contribution in [1.82, 2.24) is 24.3 Å². The van der Waals surface area contributed by atoms with Crippen LogP contribution in [0.15, 0.2) is 48.5 Å². The van der Waals surface area contributed by atoms with E-state index in [9.17, 15) is 9.59 Å². The molecule has 172 valence electrons. The summed E-state index contributed by atoms with van der Waals surface area (Å²) < 4.78 is 7.43. The van der Waals surface area contributed by atoms with E-state index in [0.29, 0.717) is 64.6 Å². The molecule has 3 aromatic rings. The van der Waals surface area contributed by atoms with E-state index in [-0.39, 0.29) is 11.8 Å². The summed E-state index contributed by atoms with van der Waals surface area (Å²) in [4.78, 5) is 36.2. The second-order valence-electron chi connectivity index (χ2n) is 8.59. The summed E-state index contributed by atoms with van der Waals surface area (Å²) >= 11 is 0. The van der Waals surface area contributed by atoms with Crippen molar-refractivity contribution in [1.29, 1.82) is 0 Å². The van der Waals surface area contributed by atoms with Gasteiger partial charge >= 0.3 is 0 Å². The van der Waals surface area contributed by atoms with Crippen LogP contribution < -0.4 is 0 Å². The van der Waals surface area contributed by atoms with Gasteiger partial charge in [0.05, 0.1) is 30.8 Å². The SMILES string of the molecule is Cc1nc2cc(C(=O)N3CCN(CC(=O)N4CCOCC4)CC3)ccc2n1-c1ccccc1. The van der Waals surface area contributed by atoms with Crippen molar-refractivity contribution in [2.45, 2.75) is 6.92 Å². The fourth-order valence-electron chi connectivity index (χ4n) is 4.63. The third kappa shape index (κ3) is 4.49. The fourth-order valence-corrected chi connectivity index (χ4v) is 4.63. The maximum atomic E-state index is 13.2. The number of morpholine rings is 1. The zero-order valence-electron chi connectivity index (χ0n) is 18.9. The van der Waals surface area contributed by atoms with Gasteiger partial charge in [0.15, 0.2) is 0 Å². The molecule has 2 aliphatic heterocycles. The zero-order chi connectivity index (χ0) is 22.8. The summed E-state index contributed by atoms with van der Waals surface area (Å²) in [6.45, 7) is 7.57. The summed E-state index contributed by atoms with van der Waals surface area (Å²) in [6, 6.07) is 15.9. The maximum Gasteiger partial charge on any atom is 0.254 e. The molecule has 0 bridgehead atoms. The number of hydrogen-bond acceptors (Lipinski definition) is 5. The largest absolute Gasteiger partial charge is 0.378 e. The van der Waals surface area contributed by atoms with Gasteiger partial charge in [-0.25, -0.2) is 4.98 Å². The molecule has 0 unspecified atom stereocenters. The number of rotatable bonds is 4. The van der Waals surface area contributed by atoms with Crippen molar-refractivity contribution in [2.24, 2.45) is 0 Å². The molecule has 0 atom stereocenters. The smallest absolute Gasteiger partial charge is 0.254 e. The van der Waals surface area contributed by atoms with E-state index in [0.717, 1.165) is 22.5 Å². The Hall–Kier alpha value is -3.23. The fraction of sp³-hybridized carbons (Fsp3) is 0.400. The van der Waals surface area contributed by atoms with Crippen LogP contribution in [-0.2, 0) is 9.53 Å². The van der Waals surface area contributed by atoms with Crippen LogP contribution in [0.3, 0.4) is 0 Å². The Morgan fingerprint density at radius 1 is 0.909 bits per heavy atom. The minimum Gasteiger partial charge on any atom is -0.378 e. The van der Waals surface area contributed by atoms with Crippen molar-refractivity contribution in [3.05, 3.63) is 59.9 Å². The van der Waals surface area contributed by atoms with Crippen LogP contribution in [0.25, 0.3) is 16.7 Å². The molecule has 8 nitrogen and oxygen atoms in total. The average Bonchev–Trinajstić information content (AvgIpc) is 3.20. The molecule has 1 aromatic heterocycles. The number of ether oxygens (including phenoxy) is 1. The van der Waals surface area contributed by atoms with Crippen molar-refractivity contribution < 1.29 is 14.3 Å². The molecular weight excluding hydrogens is 418 g/mol. The highest BCUT2D eigenvalue weighted by atomic mass is 16.5. The molecule has 3 heterocycles. The molecule has 2 aromatic carbocycles. The second-order valence-corrected chi connectivity index (χ2v) is 8.59. The molecular formula is C25H29N5O3. The van der Waals surface area contributed by atoms with Gasteiger partial charge < -0.3 is 14.5 Å². The highest BCUT2D eigenvalue weighted by Crippen LogP contribution is 2.23. The Kier molecular flexibility index (Phi) is 6.11. The minimum absolute atomic E-state index is 0.0166. The number of carbonyl (C=O) groups excluding carboxylic acids is 2. The number of para-hydroxylation sites is 1. The highest BCUT2D eigenvalue weighted by molar-refractivity contribution is 5.97. The predicted octanol–water partition coefficient (Wildman–Crippen LogP) is 1.95. The van der Waals surface area contributed by atoms with E-state index in [2.05, 4.69) is 21.6 Å². The van der Waals surface area contributed by atoms with Crippen LogP contribution in [0.5, 0.6) is 0 Å². The third-order valence-electron chi connectivity index (χ3n) is 6.47. The third-order valence-corrected chi connectivity index (χ3v) is 6.47. The first-order valence-electron chi connectivity index (χ1n) is 11.5. The number of amides is 2. The summed E-state index contributed by atoms with van der Waals surface area (Å²) in [5.74, 6) is 1.05. The lowest BCUT2D eigenvalue weighted by Gasteiger charge is -2.36. The highest BCUT2D eigenvalue weighted by Gasteiger charge is 2.26. The summed E-state index contributed by atoms with van der Waals surface area (Å²) in [6.07, 6.45) is 0. The van der Waals surface area contributed by atoms with Crippen LogP contribution in [0, 0.1) is 6.92 Å². The van der Waals surface area contributed by atoms with Gasteiger partial charge in [-0.3, -0.25) is 19.1 Å². The Morgan fingerprint density at radius 2 is 1.64 bits per heavy atom. The van der Waals surface area contributed by atoms with Crippen LogP contribution in [-0.4, -0.2) is 95.1 Å². The van der Waals surface area contributed by atoms with Crippen LogP contribution in [0.4, 0.5) is 0 Å². The lowest BCUT2D eigenvalue weighted by molar-refractivity contribution is -0.136. The summed E-state index contributed by atoms with van der Waals surface area (Å²) in [7, 11) is 0. The Bertz CT molecular complexity index is 1150. The monoisotopic (exact) mass is 447 g/mol. The molecule has 0 radical (unpaired) electrons. The lowest BCUT2D eigenvalue weighted by atomic mass is 10.1. The van der Waals surface area contributed by atoms with Crippen molar-refractivity contribution in [3.63, 3.8) is 0 Å². The molecule has 0 spiro atoms. The molecule has 8 heteroatoms. The van der Waals surface area contributed by atoms with E-state index >= 15 is 0 Å². The van der Waals surface area contributed by atoms with E-state index in [1.54, 1.807) is 0 Å². The predicted molar refractivity (Wildman–Crippen MR) is 126 cm³/mol. The Labute approximate surface area is 193 Å². The summed E-state index contributed by atoms with van der Waals surface area (Å²) in [5, 5.41) is 0. The van der Waals surface area contributed by atoms with Gasteiger partial charge in [-0.15, -0.1) is 0 Å². The van der Waals surface area contributed by atoms with Gasteiger partial charge in [-0.05, 0) is 37.3 Å².